The van der Waals surface area contributed by atoms with Crippen LogP contribution in [0.15, 0.2) is 18.9 Å². The first-order valence-corrected chi connectivity index (χ1v) is 10.4. The Hall–Kier alpha value is 0.540. The largest absolute Gasteiger partial charge is 0.393 e. The minimum Gasteiger partial charge on any atom is -0.393 e. The van der Waals surface area contributed by atoms with Crippen LogP contribution in [-0.2, 0) is 14.3 Å². The highest BCUT2D eigenvalue weighted by Crippen LogP contribution is 2.62. The van der Waals surface area contributed by atoms with Crippen molar-refractivity contribution in [2.24, 2.45) is 34.5 Å². The zero-order valence-corrected chi connectivity index (χ0v) is 19.5. The summed E-state index contributed by atoms with van der Waals surface area (Å²) in [5, 5.41) is 0. The summed E-state index contributed by atoms with van der Waals surface area (Å²) in [6.45, 7) is 8.01. The van der Waals surface area contributed by atoms with Crippen molar-refractivity contribution in [1.29, 1.82) is 0 Å². The van der Waals surface area contributed by atoms with E-state index >= 15 is 0 Å². The first-order chi connectivity index (χ1) is 10.4. The van der Waals surface area contributed by atoms with Gasteiger partial charge in [0.1, 0.15) is 0 Å². The lowest BCUT2D eigenvalue weighted by atomic mass is 10.1. The molecule has 3 nitrogen and oxygen atoms in total. The third-order valence-electron chi connectivity index (χ3n) is 5.14. The van der Waals surface area contributed by atoms with E-state index in [1.807, 2.05) is 39.8 Å². The van der Waals surface area contributed by atoms with Crippen molar-refractivity contribution in [3.8, 4) is 0 Å². The summed E-state index contributed by atoms with van der Waals surface area (Å²) < 4.78 is 6.81. The lowest BCUT2D eigenvalue weighted by molar-refractivity contribution is -0.162. The summed E-state index contributed by atoms with van der Waals surface area (Å²) >= 11 is 13.3. The summed E-state index contributed by atoms with van der Waals surface area (Å²) in [6.07, 6.45) is 3.87. The number of esters is 2. The molecule has 0 bridgehead atoms. The smallest absolute Gasteiger partial charge is 0.317 e. The van der Waals surface area contributed by atoms with Crippen LogP contribution in [0.5, 0.6) is 0 Å². The second-order valence-electron chi connectivity index (χ2n) is 7.30. The fourth-order valence-electron chi connectivity index (χ4n) is 3.38. The predicted molar refractivity (Wildman–Crippen MR) is 104 cm³/mol. The standard InChI is InChI=1S/C16H18Br4O3/c1-15(2)7(5-9(17)18)11(15)13(21)23-14(22)12-8(6-10(19)20)16(12,3)4/h5-8,11-12H,1-4H3/t7-,8-,11-,12-/m1/s1. The van der Waals surface area contributed by atoms with E-state index in [0.717, 1.165) is 6.78 Å². The van der Waals surface area contributed by atoms with Gasteiger partial charge in [-0.05, 0) is 86.4 Å². The Morgan fingerprint density at radius 3 is 1.35 bits per heavy atom. The van der Waals surface area contributed by atoms with Gasteiger partial charge in [-0.15, -0.1) is 0 Å². The average Bonchev–Trinajstić information content (AvgIpc) is 3.08. The molecule has 128 valence electrons. The molecule has 0 aromatic heterocycles. The molecule has 0 amide bonds. The second-order valence-corrected chi connectivity index (χ2v) is 12.8. The topological polar surface area (TPSA) is 43.4 Å². The van der Waals surface area contributed by atoms with Gasteiger partial charge < -0.3 is 4.74 Å². The van der Waals surface area contributed by atoms with Gasteiger partial charge in [0.15, 0.2) is 0 Å². The van der Waals surface area contributed by atoms with E-state index in [9.17, 15) is 9.59 Å². The van der Waals surface area contributed by atoms with Gasteiger partial charge in [0, 0.05) is 0 Å². The molecule has 2 fully saturated rings. The molecule has 0 unspecified atom stereocenters. The van der Waals surface area contributed by atoms with Gasteiger partial charge >= 0.3 is 11.9 Å². The number of halogens is 4. The van der Waals surface area contributed by atoms with E-state index in [-0.39, 0.29) is 34.5 Å². The Kier molecular flexibility index (Phi) is 5.78. The monoisotopic (exact) mass is 574 g/mol. The van der Waals surface area contributed by atoms with Gasteiger partial charge in [-0.3, -0.25) is 9.59 Å². The van der Waals surface area contributed by atoms with E-state index in [2.05, 4.69) is 63.7 Å². The van der Waals surface area contributed by atoms with Gasteiger partial charge in [0.2, 0.25) is 0 Å². The SMILES string of the molecule is CC1(C)[C@H](C=C(Br)Br)[C@@H]1C(=O)OC(=O)[C@H]1[C@@H](C=C(Br)Br)C1(C)C. The number of carbonyl (C=O) groups excluding carboxylic acids is 2. The Morgan fingerprint density at radius 2 is 1.09 bits per heavy atom. The van der Waals surface area contributed by atoms with Crippen LogP contribution in [0.1, 0.15) is 27.7 Å². The summed E-state index contributed by atoms with van der Waals surface area (Å²) in [5.41, 5.74) is -0.386. The highest BCUT2D eigenvalue weighted by atomic mass is 79.9. The number of hydrogen-bond donors (Lipinski definition) is 0. The Labute approximate surface area is 170 Å². The van der Waals surface area contributed by atoms with Crippen LogP contribution in [0.2, 0.25) is 0 Å². The van der Waals surface area contributed by atoms with Crippen molar-refractivity contribution < 1.29 is 14.3 Å². The number of allylic oxidation sites excluding steroid dienone is 2. The molecule has 2 saturated carbocycles. The van der Waals surface area contributed by atoms with Gasteiger partial charge in [-0.25, -0.2) is 0 Å². The minimum absolute atomic E-state index is 0.0659. The molecule has 0 saturated heterocycles. The number of ether oxygens (including phenoxy) is 1. The highest BCUT2D eigenvalue weighted by Gasteiger charge is 2.65. The van der Waals surface area contributed by atoms with E-state index in [1.165, 1.54) is 0 Å². The van der Waals surface area contributed by atoms with Crippen molar-refractivity contribution in [3.05, 3.63) is 18.9 Å². The van der Waals surface area contributed by atoms with Gasteiger partial charge in [0.25, 0.3) is 0 Å². The van der Waals surface area contributed by atoms with Gasteiger partial charge in [-0.2, -0.15) is 0 Å². The first-order valence-electron chi connectivity index (χ1n) is 7.22. The molecule has 0 aromatic rings. The first kappa shape index (κ1) is 19.9. The van der Waals surface area contributed by atoms with E-state index < -0.39 is 11.9 Å². The summed E-state index contributed by atoms with van der Waals surface area (Å²) in [7, 11) is 0. The normalized spacial score (nSPS) is 32.5. The van der Waals surface area contributed by atoms with Gasteiger partial charge in [0.05, 0.1) is 18.6 Å². The molecule has 2 rings (SSSR count). The van der Waals surface area contributed by atoms with Gasteiger partial charge in [-0.1, -0.05) is 39.8 Å². The fraction of sp³-hybridized carbons (Fsp3) is 0.625. The van der Waals surface area contributed by atoms with Crippen molar-refractivity contribution in [3.63, 3.8) is 0 Å². The third kappa shape index (κ3) is 4.04. The predicted octanol–water partition coefficient (Wildman–Crippen LogP) is 5.86. The van der Waals surface area contributed by atoms with Crippen molar-refractivity contribution in [1.82, 2.24) is 0 Å². The van der Waals surface area contributed by atoms with Crippen LogP contribution < -0.4 is 0 Å². The lowest BCUT2D eigenvalue weighted by Crippen LogP contribution is -2.19. The maximum Gasteiger partial charge on any atom is 0.317 e. The molecule has 23 heavy (non-hydrogen) atoms. The van der Waals surface area contributed by atoms with E-state index in [1.54, 1.807) is 0 Å². The molecule has 0 heterocycles. The molecule has 7 heteroatoms. The Bertz CT molecular complexity index is 546. The van der Waals surface area contributed by atoms with Crippen molar-refractivity contribution >= 4 is 75.7 Å². The Balaban J connectivity index is 2.01. The van der Waals surface area contributed by atoms with Crippen molar-refractivity contribution in [2.75, 3.05) is 0 Å². The quantitative estimate of drug-likeness (QED) is 0.310. The van der Waals surface area contributed by atoms with Crippen molar-refractivity contribution in [2.45, 2.75) is 27.7 Å². The zero-order chi connectivity index (χ0) is 17.7. The molecule has 2 aliphatic rings. The molecule has 2 aliphatic carbocycles. The fourth-order valence-corrected chi connectivity index (χ4v) is 4.51. The molecule has 4 atom stereocenters. The van der Waals surface area contributed by atoms with E-state index in [0.29, 0.717) is 0 Å². The summed E-state index contributed by atoms with van der Waals surface area (Å²) in [5.74, 6) is -1.28. The molecule has 0 aromatic carbocycles. The molecule has 0 radical (unpaired) electrons. The Morgan fingerprint density at radius 1 is 0.783 bits per heavy atom. The summed E-state index contributed by atoms with van der Waals surface area (Å²) in [4.78, 5) is 24.7. The van der Waals surface area contributed by atoms with E-state index in [4.69, 9.17) is 4.74 Å². The molecule has 0 spiro atoms. The average molecular weight is 578 g/mol. The third-order valence-corrected chi connectivity index (χ3v) is 6.20. The van der Waals surface area contributed by atoms with Crippen LogP contribution in [0.25, 0.3) is 0 Å². The zero-order valence-electron chi connectivity index (χ0n) is 13.2. The molecule has 0 aliphatic heterocycles. The summed E-state index contributed by atoms with van der Waals surface area (Å²) in [6, 6.07) is 0. The lowest BCUT2D eigenvalue weighted by Gasteiger charge is -2.05. The van der Waals surface area contributed by atoms with Crippen LogP contribution in [-0.4, -0.2) is 11.9 Å². The maximum absolute atomic E-state index is 12.4. The second kappa shape index (κ2) is 6.69. The van der Waals surface area contributed by atoms with Crippen LogP contribution >= 0.6 is 63.7 Å². The minimum atomic E-state index is -0.425. The molecular weight excluding hydrogens is 560 g/mol. The molecule has 0 N–H and O–H groups in total. The highest BCUT2D eigenvalue weighted by molar-refractivity contribution is 9.28. The van der Waals surface area contributed by atoms with Crippen LogP contribution in [0.4, 0.5) is 0 Å². The maximum atomic E-state index is 12.4. The number of carbonyl (C=O) groups is 2. The van der Waals surface area contributed by atoms with Crippen LogP contribution in [0.3, 0.4) is 0 Å². The number of hydrogen-bond acceptors (Lipinski definition) is 3. The van der Waals surface area contributed by atoms with Crippen LogP contribution in [0, 0.1) is 34.5 Å². The number of rotatable bonds is 4. The molecular formula is C16H18Br4O3.